The molecule has 3 rings (SSSR count). The van der Waals surface area contributed by atoms with Gasteiger partial charge in [0.05, 0.1) is 5.69 Å². The molecule has 0 bridgehead atoms. The quantitative estimate of drug-likeness (QED) is 0.107. The summed E-state index contributed by atoms with van der Waals surface area (Å²) in [4.78, 5) is 34.1. The number of halogens is 2. The van der Waals surface area contributed by atoms with Gasteiger partial charge in [0.2, 0.25) is 28.3 Å². The van der Waals surface area contributed by atoms with Crippen LogP contribution in [-0.4, -0.2) is 141 Å². The maximum absolute atomic E-state index is 12.6. The van der Waals surface area contributed by atoms with Crippen LogP contribution in [0.4, 0.5) is 17.3 Å². The van der Waals surface area contributed by atoms with Gasteiger partial charge in [0.25, 0.3) is 20.2 Å². The standard InChI is InChI=1S/C18H20Cl2N8O9S2.2Na/c1-3-28-14(30)11(13(21)29)6(2)12(15(28)31)27-26-8-4-7(22-18-24-16(19)23-17(20)25-18)9(38(32,33)34)5-10(8)39(35,36)37;;/h4-6,11-12,15,31H,3H2,1-2H3,(H2,21,29)(H,32,33,34)(H,35,36,37)(H,22,23,24,25);;. The molecule has 1 aromatic carbocycles. The topological polar surface area (TPSA) is 268 Å². The first kappa shape index (κ1) is 38.0. The van der Waals surface area contributed by atoms with Gasteiger partial charge in [0, 0.05) is 71.6 Å². The minimum Gasteiger partial charge on any atom is -0.371 e. The molecule has 214 valence electrons. The number of hydrogen-bond acceptors (Lipinski definition) is 13. The van der Waals surface area contributed by atoms with Crippen molar-refractivity contribution in [2.24, 2.45) is 27.8 Å². The SMILES string of the molecule is CCN1C(=O)C(C(N)=O)C(C)C(N=Nc2cc(Nc3nc(Cl)nc(Cl)n3)c(S(=O)(=O)O)cc2S(=O)(=O)O)C1O.[Na].[Na]. The zero-order valence-electron chi connectivity index (χ0n) is 21.8. The van der Waals surface area contributed by atoms with E-state index in [9.17, 15) is 40.6 Å². The van der Waals surface area contributed by atoms with Crippen molar-refractivity contribution >= 4 is 132 Å². The van der Waals surface area contributed by atoms with Crippen LogP contribution in [-0.2, 0) is 29.8 Å². The number of nitrogens with two attached hydrogens (primary N) is 1. The molecule has 1 aromatic heterocycles. The third kappa shape index (κ3) is 8.74. The van der Waals surface area contributed by atoms with Crippen LogP contribution >= 0.6 is 23.2 Å². The first-order valence-corrected chi connectivity index (χ1v) is 14.2. The number of carbonyl (C=O) groups is 2. The number of likely N-dealkylation sites (tertiary alicyclic amines) is 1. The molecule has 0 aliphatic carbocycles. The van der Waals surface area contributed by atoms with Gasteiger partial charge in [-0.2, -0.15) is 42.0 Å². The number of carbonyl (C=O) groups excluding carboxylic acids is 2. The average Bonchev–Trinajstić information content (AvgIpc) is 2.76. The van der Waals surface area contributed by atoms with Gasteiger partial charge in [-0.05, 0) is 42.3 Å². The van der Waals surface area contributed by atoms with E-state index in [1.807, 2.05) is 0 Å². The third-order valence-electron chi connectivity index (χ3n) is 5.63. The van der Waals surface area contributed by atoms with Crippen molar-refractivity contribution in [3.63, 3.8) is 0 Å². The fraction of sp³-hybridized carbons (Fsp3) is 0.389. The van der Waals surface area contributed by atoms with E-state index in [1.54, 1.807) is 0 Å². The van der Waals surface area contributed by atoms with Crippen molar-refractivity contribution in [1.29, 1.82) is 0 Å². The third-order valence-corrected chi connectivity index (χ3v) is 7.74. The Kier molecular flexibility index (Phi) is 13.5. The van der Waals surface area contributed by atoms with Crippen molar-refractivity contribution in [2.75, 3.05) is 11.9 Å². The number of rotatable bonds is 8. The fourth-order valence-electron chi connectivity index (χ4n) is 3.85. The second-order valence-electron chi connectivity index (χ2n) is 8.07. The average molecular weight is 673 g/mol. The molecule has 1 aliphatic heterocycles. The number of aliphatic hydroxyl groups excluding tert-OH is 1. The zero-order valence-corrected chi connectivity index (χ0v) is 28.9. The van der Waals surface area contributed by atoms with Crippen molar-refractivity contribution in [1.82, 2.24) is 19.9 Å². The summed E-state index contributed by atoms with van der Waals surface area (Å²) in [6.07, 6.45) is -1.60. The van der Waals surface area contributed by atoms with Crippen LogP contribution in [0.1, 0.15) is 13.8 Å². The van der Waals surface area contributed by atoms with Crippen LogP contribution in [0.2, 0.25) is 10.6 Å². The van der Waals surface area contributed by atoms with Crippen LogP contribution in [0, 0.1) is 11.8 Å². The molecule has 2 heterocycles. The van der Waals surface area contributed by atoms with E-state index in [0.29, 0.717) is 6.07 Å². The Morgan fingerprint density at radius 3 is 2.07 bits per heavy atom. The molecule has 1 saturated heterocycles. The van der Waals surface area contributed by atoms with Crippen LogP contribution in [0.5, 0.6) is 0 Å². The van der Waals surface area contributed by atoms with Gasteiger partial charge in [-0.1, -0.05) is 6.92 Å². The van der Waals surface area contributed by atoms with E-state index in [4.69, 9.17) is 28.9 Å². The van der Waals surface area contributed by atoms with Gasteiger partial charge in [-0.15, -0.1) is 0 Å². The Morgan fingerprint density at radius 2 is 1.61 bits per heavy atom. The van der Waals surface area contributed by atoms with Crippen molar-refractivity contribution in [3.05, 3.63) is 22.7 Å². The van der Waals surface area contributed by atoms with Gasteiger partial charge in [-0.25, -0.2) is 0 Å². The van der Waals surface area contributed by atoms with Crippen LogP contribution in [0.25, 0.3) is 0 Å². The molecule has 0 spiro atoms. The molecule has 1 aliphatic rings. The molecule has 4 atom stereocenters. The normalized spacial score (nSPS) is 21.2. The fourth-order valence-corrected chi connectivity index (χ4v) is 5.58. The van der Waals surface area contributed by atoms with Crippen molar-refractivity contribution < 1.29 is 40.6 Å². The molecular weight excluding hydrogens is 653 g/mol. The maximum Gasteiger partial charge on any atom is 0.296 e. The van der Waals surface area contributed by atoms with Crippen LogP contribution < -0.4 is 11.1 Å². The molecular formula is C18H20Cl2N8Na2O9S2. The number of primary amides is 1. The van der Waals surface area contributed by atoms with Crippen LogP contribution in [0.15, 0.2) is 32.2 Å². The minimum absolute atomic E-state index is 0. The summed E-state index contributed by atoms with van der Waals surface area (Å²) in [7, 11) is -10.3. The van der Waals surface area contributed by atoms with Gasteiger partial charge in [-0.3, -0.25) is 18.7 Å². The van der Waals surface area contributed by atoms with Gasteiger partial charge in [0.15, 0.2) is 6.23 Å². The number of azo groups is 1. The summed E-state index contributed by atoms with van der Waals surface area (Å²) < 4.78 is 67.6. The van der Waals surface area contributed by atoms with E-state index in [1.165, 1.54) is 13.8 Å². The number of anilines is 2. The van der Waals surface area contributed by atoms with E-state index in [2.05, 4.69) is 30.5 Å². The van der Waals surface area contributed by atoms with E-state index in [0.717, 1.165) is 11.0 Å². The molecule has 1 fully saturated rings. The number of likely N-dealkylation sites (N-methyl/N-ethyl adjacent to an activating group) is 1. The first-order valence-electron chi connectivity index (χ1n) is 10.6. The Balaban J connectivity index is 0.00000420. The number of piperidine rings is 1. The van der Waals surface area contributed by atoms with E-state index < -0.39 is 93.8 Å². The molecule has 0 saturated carbocycles. The molecule has 23 heteroatoms. The van der Waals surface area contributed by atoms with Gasteiger partial charge in [0.1, 0.15) is 27.4 Å². The van der Waals surface area contributed by atoms with Gasteiger partial charge < -0.3 is 21.1 Å². The second-order valence-corrected chi connectivity index (χ2v) is 11.5. The molecule has 4 unspecified atom stereocenters. The van der Waals surface area contributed by atoms with Gasteiger partial charge >= 0.3 is 0 Å². The summed E-state index contributed by atoms with van der Waals surface area (Å²) in [5.41, 5.74) is 4.11. The number of aromatic nitrogens is 3. The Labute approximate surface area is 287 Å². The first-order chi connectivity index (χ1) is 17.9. The van der Waals surface area contributed by atoms with E-state index >= 15 is 0 Å². The predicted molar refractivity (Wildman–Crippen MR) is 144 cm³/mol. The number of nitrogens with one attached hydrogen (secondary N) is 1. The summed E-state index contributed by atoms with van der Waals surface area (Å²) in [6, 6.07) is -0.191. The maximum atomic E-state index is 12.6. The van der Waals surface area contributed by atoms with Crippen LogP contribution in [0.3, 0.4) is 0 Å². The number of amides is 2. The molecule has 2 amide bonds. The number of aliphatic hydroxyl groups is 1. The minimum atomic E-state index is -5.19. The zero-order chi connectivity index (χ0) is 29.4. The predicted octanol–water partition coefficient (Wildman–Crippen LogP) is 0.0242. The number of hydrogen-bond donors (Lipinski definition) is 5. The summed E-state index contributed by atoms with van der Waals surface area (Å²) in [5.74, 6) is -4.56. The molecule has 17 nitrogen and oxygen atoms in total. The molecule has 2 aromatic rings. The van der Waals surface area contributed by atoms with E-state index in [-0.39, 0.29) is 65.7 Å². The smallest absolute Gasteiger partial charge is 0.296 e. The molecule has 6 N–H and O–H groups in total. The monoisotopic (exact) mass is 672 g/mol. The Bertz CT molecular complexity index is 1560. The summed E-state index contributed by atoms with van der Waals surface area (Å²) >= 11 is 11.4. The second kappa shape index (κ2) is 14.6. The summed E-state index contributed by atoms with van der Waals surface area (Å²) in [6.45, 7) is 2.87. The summed E-state index contributed by atoms with van der Waals surface area (Å²) in [5, 5.41) is 19.9. The number of benzene rings is 1. The molecule has 2 radical (unpaired) electrons. The van der Waals surface area contributed by atoms with Crippen molar-refractivity contribution in [2.45, 2.75) is 35.9 Å². The Morgan fingerprint density at radius 1 is 1.07 bits per heavy atom. The number of nitrogens with zero attached hydrogens (tertiary/aromatic N) is 6. The molecule has 41 heavy (non-hydrogen) atoms. The van der Waals surface area contributed by atoms with Crippen molar-refractivity contribution in [3.8, 4) is 0 Å². The largest absolute Gasteiger partial charge is 0.371 e. The Hall–Kier alpha value is -1.07.